The Morgan fingerprint density at radius 2 is 1.94 bits per heavy atom. The topological polar surface area (TPSA) is 48.9 Å². The van der Waals surface area contributed by atoms with E-state index < -0.39 is 11.6 Å². The average Bonchev–Trinajstić information content (AvgIpc) is 2.77. The maximum Gasteiger partial charge on any atom is 0.191 e. The quantitative estimate of drug-likeness (QED) is 0.296. The standard InChI is InChI=1S/C22H34F2N4OS.HI/c1-3-25-21(26-16-22(30-2)8-12-29-13-9-22)27-18-6-10-28(11-7-18)15-17-4-5-19(23)20(24)14-17;/h4-5,14,18H,3,6-13,15-16H2,1-2H3,(H2,25,26,27);1H. The Hall–Kier alpha value is -0.650. The first-order chi connectivity index (χ1) is 14.5. The van der Waals surface area contributed by atoms with Crippen molar-refractivity contribution in [1.82, 2.24) is 15.5 Å². The van der Waals surface area contributed by atoms with Gasteiger partial charge in [0.2, 0.25) is 0 Å². The summed E-state index contributed by atoms with van der Waals surface area (Å²) < 4.78 is 32.3. The molecule has 9 heteroatoms. The highest BCUT2D eigenvalue weighted by Crippen LogP contribution is 2.34. The van der Waals surface area contributed by atoms with Crippen LogP contribution in [-0.2, 0) is 11.3 Å². The van der Waals surface area contributed by atoms with Crippen molar-refractivity contribution < 1.29 is 13.5 Å². The molecule has 1 aromatic rings. The van der Waals surface area contributed by atoms with Crippen LogP contribution in [0.25, 0.3) is 0 Å². The molecular formula is C22H35F2IN4OS. The Balaban J connectivity index is 0.00000341. The van der Waals surface area contributed by atoms with E-state index in [-0.39, 0.29) is 28.7 Å². The van der Waals surface area contributed by atoms with Gasteiger partial charge in [0, 0.05) is 50.2 Å². The van der Waals surface area contributed by atoms with Gasteiger partial charge in [-0.15, -0.1) is 24.0 Å². The molecule has 0 aliphatic carbocycles. The third-order valence-electron chi connectivity index (χ3n) is 6.03. The van der Waals surface area contributed by atoms with Crippen molar-refractivity contribution in [2.45, 2.75) is 49.9 Å². The van der Waals surface area contributed by atoms with Crippen molar-refractivity contribution in [2.24, 2.45) is 4.99 Å². The van der Waals surface area contributed by atoms with Crippen molar-refractivity contribution >= 4 is 41.7 Å². The third-order valence-corrected chi connectivity index (χ3v) is 7.43. The highest BCUT2D eigenvalue weighted by Gasteiger charge is 2.31. The fraction of sp³-hybridized carbons (Fsp3) is 0.682. The van der Waals surface area contributed by atoms with Gasteiger partial charge in [-0.1, -0.05) is 6.07 Å². The van der Waals surface area contributed by atoms with Gasteiger partial charge in [0.25, 0.3) is 0 Å². The zero-order valence-corrected chi connectivity index (χ0v) is 21.6. The fourth-order valence-corrected chi connectivity index (χ4v) is 4.81. The SMILES string of the molecule is CCNC(=NCC1(SC)CCOCC1)NC1CCN(Cc2ccc(F)c(F)c2)CC1.I. The molecule has 2 aliphatic heterocycles. The molecule has 0 unspecified atom stereocenters. The summed E-state index contributed by atoms with van der Waals surface area (Å²) in [4.78, 5) is 7.20. The van der Waals surface area contributed by atoms with Gasteiger partial charge >= 0.3 is 0 Å². The van der Waals surface area contributed by atoms with Crippen LogP contribution in [0.5, 0.6) is 0 Å². The number of ether oxygens (including phenoxy) is 1. The zero-order chi connectivity index (χ0) is 21.4. The van der Waals surface area contributed by atoms with Crippen molar-refractivity contribution in [1.29, 1.82) is 0 Å². The van der Waals surface area contributed by atoms with E-state index in [9.17, 15) is 8.78 Å². The van der Waals surface area contributed by atoms with Crippen LogP contribution in [0.2, 0.25) is 0 Å². The summed E-state index contributed by atoms with van der Waals surface area (Å²) in [6.45, 7) is 7.83. The van der Waals surface area contributed by atoms with Gasteiger partial charge in [0.1, 0.15) is 0 Å². The maximum absolute atomic E-state index is 13.4. The van der Waals surface area contributed by atoms with Gasteiger partial charge in [-0.25, -0.2) is 8.78 Å². The number of halogens is 3. The summed E-state index contributed by atoms with van der Waals surface area (Å²) in [7, 11) is 0. The maximum atomic E-state index is 13.4. The van der Waals surface area contributed by atoms with Crippen molar-refractivity contribution in [3.63, 3.8) is 0 Å². The molecule has 31 heavy (non-hydrogen) atoms. The van der Waals surface area contributed by atoms with E-state index in [1.54, 1.807) is 6.07 Å². The third kappa shape index (κ3) is 8.01. The van der Waals surface area contributed by atoms with Gasteiger partial charge in [-0.2, -0.15) is 11.8 Å². The Morgan fingerprint density at radius 1 is 1.23 bits per heavy atom. The minimum Gasteiger partial charge on any atom is -0.381 e. The van der Waals surface area contributed by atoms with Crippen LogP contribution in [0.15, 0.2) is 23.2 Å². The molecule has 0 atom stereocenters. The van der Waals surface area contributed by atoms with E-state index in [1.807, 2.05) is 11.8 Å². The number of thioether (sulfide) groups is 1. The van der Waals surface area contributed by atoms with Crippen LogP contribution >= 0.6 is 35.7 Å². The first kappa shape index (κ1) is 26.6. The Labute approximate surface area is 206 Å². The molecule has 2 N–H and O–H groups in total. The molecule has 2 saturated heterocycles. The van der Waals surface area contributed by atoms with Crippen LogP contribution in [-0.4, -0.2) is 67.3 Å². The molecule has 0 aromatic heterocycles. The molecule has 0 spiro atoms. The minimum atomic E-state index is -0.791. The molecule has 2 fully saturated rings. The molecule has 2 heterocycles. The molecule has 3 rings (SSSR count). The first-order valence-electron chi connectivity index (χ1n) is 10.9. The van der Waals surface area contributed by atoms with E-state index in [2.05, 4.69) is 28.7 Å². The van der Waals surface area contributed by atoms with E-state index in [1.165, 1.54) is 12.1 Å². The number of rotatable bonds is 7. The molecule has 0 bridgehead atoms. The first-order valence-corrected chi connectivity index (χ1v) is 12.1. The van der Waals surface area contributed by atoms with Crippen LogP contribution in [0.4, 0.5) is 8.78 Å². The van der Waals surface area contributed by atoms with Crippen molar-refractivity contribution in [3.8, 4) is 0 Å². The lowest BCUT2D eigenvalue weighted by atomic mass is 9.99. The monoisotopic (exact) mass is 568 g/mol. The molecule has 1 aromatic carbocycles. The lowest BCUT2D eigenvalue weighted by molar-refractivity contribution is 0.0794. The second-order valence-electron chi connectivity index (χ2n) is 8.14. The van der Waals surface area contributed by atoms with E-state index >= 15 is 0 Å². The number of aliphatic imine (C=N–C) groups is 1. The van der Waals surface area contributed by atoms with Gasteiger partial charge in [0.15, 0.2) is 17.6 Å². The van der Waals surface area contributed by atoms with Crippen LogP contribution in [0.1, 0.15) is 38.2 Å². The molecule has 0 saturated carbocycles. The van der Waals surface area contributed by atoms with Crippen LogP contribution < -0.4 is 10.6 Å². The fourth-order valence-electron chi connectivity index (χ4n) is 4.04. The molecule has 0 radical (unpaired) electrons. The average molecular weight is 569 g/mol. The summed E-state index contributed by atoms with van der Waals surface area (Å²) >= 11 is 1.90. The lowest BCUT2D eigenvalue weighted by Gasteiger charge is -2.35. The number of nitrogens with zero attached hydrogens (tertiary/aromatic N) is 2. The smallest absolute Gasteiger partial charge is 0.191 e. The lowest BCUT2D eigenvalue weighted by Crippen LogP contribution is -2.49. The number of likely N-dealkylation sites (tertiary alicyclic amines) is 1. The number of hydrogen-bond donors (Lipinski definition) is 2. The van der Waals surface area contributed by atoms with E-state index in [4.69, 9.17) is 9.73 Å². The summed E-state index contributed by atoms with van der Waals surface area (Å²) in [5, 5.41) is 6.98. The second kappa shape index (κ2) is 13.2. The number of guanidine groups is 1. The summed E-state index contributed by atoms with van der Waals surface area (Å²) in [5.74, 6) is -0.680. The van der Waals surface area contributed by atoms with E-state index in [0.717, 1.165) is 76.6 Å². The summed E-state index contributed by atoms with van der Waals surface area (Å²) in [5.41, 5.74) is 0.814. The van der Waals surface area contributed by atoms with Gasteiger partial charge in [-0.3, -0.25) is 9.89 Å². The molecule has 2 aliphatic rings. The largest absolute Gasteiger partial charge is 0.381 e. The number of piperidine rings is 1. The summed E-state index contributed by atoms with van der Waals surface area (Å²) in [6, 6.07) is 4.53. The highest BCUT2D eigenvalue weighted by molar-refractivity contribution is 14.0. The van der Waals surface area contributed by atoms with Crippen molar-refractivity contribution in [3.05, 3.63) is 35.4 Å². The molecular weight excluding hydrogens is 533 g/mol. The molecule has 5 nitrogen and oxygen atoms in total. The molecule has 0 amide bonds. The Morgan fingerprint density at radius 3 is 2.55 bits per heavy atom. The normalized spacial score (nSPS) is 20.2. The number of hydrogen-bond acceptors (Lipinski definition) is 4. The number of benzene rings is 1. The number of nitrogens with one attached hydrogen (secondary N) is 2. The minimum absolute atomic E-state index is 0. The van der Waals surface area contributed by atoms with Gasteiger partial charge in [-0.05, 0) is 56.6 Å². The molecule has 176 valence electrons. The predicted octanol–water partition coefficient (Wildman–Crippen LogP) is 4.01. The predicted molar refractivity (Wildman–Crippen MR) is 135 cm³/mol. The zero-order valence-electron chi connectivity index (χ0n) is 18.5. The second-order valence-corrected chi connectivity index (χ2v) is 9.41. The highest BCUT2D eigenvalue weighted by atomic mass is 127. The van der Waals surface area contributed by atoms with E-state index in [0.29, 0.717) is 12.6 Å². The summed E-state index contributed by atoms with van der Waals surface area (Å²) in [6.07, 6.45) is 6.24. The Bertz CT molecular complexity index is 711. The Kier molecular flexibility index (Phi) is 11.3. The van der Waals surface area contributed by atoms with Gasteiger partial charge in [0.05, 0.1) is 6.54 Å². The van der Waals surface area contributed by atoms with Crippen molar-refractivity contribution in [2.75, 3.05) is 45.6 Å². The van der Waals surface area contributed by atoms with Gasteiger partial charge < -0.3 is 15.4 Å². The van der Waals surface area contributed by atoms with Crippen LogP contribution in [0.3, 0.4) is 0 Å². The van der Waals surface area contributed by atoms with Crippen LogP contribution in [0, 0.1) is 11.6 Å².